The number of phenols is 1. The number of benzene rings is 1. The summed E-state index contributed by atoms with van der Waals surface area (Å²) in [7, 11) is 2.69. The number of methoxy groups -OCH3 is 1. The van der Waals surface area contributed by atoms with Gasteiger partial charge in [-0.05, 0) is 30.9 Å². The lowest BCUT2D eigenvalue weighted by Crippen LogP contribution is -2.60. The van der Waals surface area contributed by atoms with Crippen molar-refractivity contribution in [2.75, 3.05) is 14.2 Å². The molecule has 1 aromatic rings. The van der Waals surface area contributed by atoms with Crippen molar-refractivity contribution in [3.8, 4) is 11.5 Å². The molecule has 4 amide bonds. The fourth-order valence-electron chi connectivity index (χ4n) is 5.97. The van der Waals surface area contributed by atoms with E-state index in [1.807, 2.05) is 0 Å². The van der Waals surface area contributed by atoms with Crippen molar-refractivity contribution in [3.63, 3.8) is 0 Å². The van der Waals surface area contributed by atoms with Gasteiger partial charge in [-0.3, -0.25) is 29.4 Å². The fourth-order valence-corrected chi connectivity index (χ4v) is 7.44. The number of hydrogen-bond donors (Lipinski definition) is 2. The van der Waals surface area contributed by atoms with Gasteiger partial charge in [0.2, 0.25) is 11.8 Å². The predicted octanol–water partition coefficient (Wildman–Crippen LogP) is 2.44. The first-order chi connectivity index (χ1) is 15.5. The molecule has 8 nitrogen and oxygen atoms in total. The van der Waals surface area contributed by atoms with Gasteiger partial charge in [-0.25, -0.2) is 0 Å². The minimum atomic E-state index is -1.96. The van der Waals surface area contributed by atoms with Gasteiger partial charge in [-0.2, -0.15) is 0 Å². The molecular weight excluding hydrogens is 539 g/mol. The molecule has 2 heterocycles. The number of amides is 4. The first-order valence-corrected chi connectivity index (χ1v) is 11.8. The Bertz CT molecular complexity index is 1190. The Morgan fingerprint density at radius 1 is 1.15 bits per heavy atom. The molecule has 4 aliphatic rings. The highest BCUT2D eigenvalue weighted by Crippen LogP contribution is 2.66. The number of ether oxygens (including phenoxy) is 1. The molecule has 1 aromatic carbocycles. The predicted molar refractivity (Wildman–Crippen MR) is 121 cm³/mol. The van der Waals surface area contributed by atoms with Gasteiger partial charge >= 0.3 is 0 Å². The van der Waals surface area contributed by atoms with E-state index in [0.29, 0.717) is 10.0 Å². The highest BCUT2D eigenvalue weighted by atomic mass is 79.9. The maximum Gasteiger partial charge on any atom is 0.253 e. The van der Waals surface area contributed by atoms with Crippen LogP contribution in [0.4, 0.5) is 0 Å². The SMILES string of the molecule is COc1cc(Br)cc(C2C3=CCC4C(=O)NC(=O)C4C3CC3(Cl)C(=O)N(C)C(=O)C23Cl)c1O. The number of halogens is 3. The summed E-state index contributed by atoms with van der Waals surface area (Å²) in [6.07, 6.45) is 1.96. The highest BCUT2D eigenvalue weighted by molar-refractivity contribution is 9.10. The smallest absolute Gasteiger partial charge is 0.253 e. The van der Waals surface area contributed by atoms with Gasteiger partial charge in [0.15, 0.2) is 21.2 Å². The van der Waals surface area contributed by atoms with Crippen molar-refractivity contribution < 1.29 is 29.0 Å². The molecule has 2 saturated heterocycles. The lowest BCUT2D eigenvalue weighted by molar-refractivity contribution is -0.138. The number of rotatable bonds is 2. The summed E-state index contributed by atoms with van der Waals surface area (Å²) in [4.78, 5) is 48.8. The molecule has 33 heavy (non-hydrogen) atoms. The minimum absolute atomic E-state index is 0.0942. The lowest BCUT2D eigenvalue weighted by Gasteiger charge is -2.50. The lowest BCUT2D eigenvalue weighted by atomic mass is 9.56. The van der Waals surface area contributed by atoms with E-state index in [1.165, 1.54) is 14.2 Å². The van der Waals surface area contributed by atoms with Crippen LogP contribution in [0.2, 0.25) is 0 Å². The van der Waals surface area contributed by atoms with Gasteiger partial charge in [0, 0.05) is 23.0 Å². The van der Waals surface area contributed by atoms with Crippen LogP contribution in [-0.2, 0) is 19.2 Å². The Labute approximate surface area is 207 Å². The van der Waals surface area contributed by atoms with E-state index in [2.05, 4.69) is 21.2 Å². The van der Waals surface area contributed by atoms with Gasteiger partial charge in [-0.1, -0.05) is 27.6 Å². The molecule has 2 aliphatic heterocycles. The largest absolute Gasteiger partial charge is 0.504 e. The maximum absolute atomic E-state index is 13.4. The van der Waals surface area contributed by atoms with Crippen molar-refractivity contribution >= 4 is 62.8 Å². The van der Waals surface area contributed by atoms with Crippen molar-refractivity contribution in [3.05, 3.63) is 33.8 Å². The number of nitrogens with zero attached hydrogens (tertiary/aromatic N) is 1. The molecule has 11 heteroatoms. The molecule has 174 valence electrons. The van der Waals surface area contributed by atoms with E-state index < -0.39 is 51.1 Å². The number of likely N-dealkylation sites (tertiary alicyclic amines) is 1. The van der Waals surface area contributed by atoms with E-state index in [9.17, 15) is 24.3 Å². The Morgan fingerprint density at radius 3 is 2.52 bits per heavy atom. The van der Waals surface area contributed by atoms with Crippen LogP contribution in [0.3, 0.4) is 0 Å². The number of hydrogen-bond acceptors (Lipinski definition) is 6. The van der Waals surface area contributed by atoms with Crippen molar-refractivity contribution in [2.45, 2.75) is 28.5 Å². The number of nitrogens with one attached hydrogen (secondary N) is 1. The van der Waals surface area contributed by atoms with Crippen LogP contribution in [0.1, 0.15) is 24.3 Å². The zero-order valence-electron chi connectivity index (χ0n) is 17.5. The Kier molecular flexibility index (Phi) is 4.95. The number of fused-ring (bicyclic) bond motifs is 4. The normalized spacial score (nSPS) is 37.4. The van der Waals surface area contributed by atoms with Gasteiger partial charge in [0.25, 0.3) is 11.8 Å². The third-order valence-corrected chi connectivity index (χ3v) is 9.33. The molecule has 6 atom stereocenters. The average molecular weight is 558 g/mol. The van der Waals surface area contributed by atoms with Gasteiger partial charge in [-0.15, -0.1) is 23.2 Å². The first kappa shape index (κ1) is 22.7. The van der Waals surface area contributed by atoms with E-state index in [1.54, 1.807) is 18.2 Å². The van der Waals surface area contributed by atoms with Gasteiger partial charge in [0.05, 0.1) is 18.9 Å². The fraction of sp³-hybridized carbons (Fsp3) is 0.455. The summed E-state index contributed by atoms with van der Waals surface area (Å²) in [5.41, 5.74) is 0.830. The second kappa shape index (κ2) is 7.20. The van der Waals surface area contributed by atoms with Crippen molar-refractivity contribution in [1.29, 1.82) is 0 Å². The summed E-state index contributed by atoms with van der Waals surface area (Å²) in [6, 6.07) is 3.14. The van der Waals surface area contributed by atoms with Crippen LogP contribution in [0.15, 0.2) is 28.3 Å². The Balaban J connectivity index is 1.80. The summed E-state index contributed by atoms with van der Waals surface area (Å²) in [6.45, 7) is 0. The molecule has 1 saturated carbocycles. The van der Waals surface area contributed by atoms with Crippen LogP contribution >= 0.6 is 39.1 Å². The Hall–Kier alpha value is -2.10. The van der Waals surface area contributed by atoms with Gasteiger partial charge < -0.3 is 9.84 Å². The Morgan fingerprint density at radius 2 is 1.85 bits per heavy atom. The molecule has 0 bridgehead atoms. The molecule has 2 aliphatic carbocycles. The summed E-state index contributed by atoms with van der Waals surface area (Å²) >= 11 is 17.4. The topological polar surface area (TPSA) is 113 Å². The van der Waals surface area contributed by atoms with Crippen LogP contribution in [0.25, 0.3) is 0 Å². The third kappa shape index (κ3) is 2.70. The zero-order valence-corrected chi connectivity index (χ0v) is 20.6. The maximum atomic E-state index is 13.4. The second-order valence-electron chi connectivity index (χ2n) is 8.90. The quantitative estimate of drug-likeness (QED) is 0.328. The number of alkyl halides is 2. The third-order valence-electron chi connectivity index (χ3n) is 7.46. The molecule has 3 fully saturated rings. The number of phenolic OH excluding ortho intramolecular Hbond substituents is 1. The van der Waals surface area contributed by atoms with E-state index >= 15 is 0 Å². The molecular formula is C22H19BrCl2N2O6. The molecule has 5 rings (SSSR count). The molecule has 2 N–H and O–H groups in total. The molecule has 6 unspecified atom stereocenters. The minimum Gasteiger partial charge on any atom is -0.504 e. The summed E-state index contributed by atoms with van der Waals surface area (Å²) < 4.78 is 5.83. The van der Waals surface area contributed by atoms with E-state index in [-0.39, 0.29) is 35.8 Å². The average Bonchev–Trinajstić information content (AvgIpc) is 3.13. The number of imide groups is 2. The monoisotopic (exact) mass is 556 g/mol. The highest BCUT2D eigenvalue weighted by Gasteiger charge is 2.75. The van der Waals surface area contributed by atoms with E-state index in [0.717, 1.165) is 4.90 Å². The van der Waals surface area contributed by atoms with Crippen LogP contribution in [-0.4, -0.2) is 57.5 Å². The van der Waals surface area contributed by atoms with Crippen LogP contribution in [0.5, 0.6) is 11.5 Å². The first-order valence-electron chi connectivity index (χ1n) is 10.3. The molecule has 0 radical (unpaired) electrons. The summed E-state index contributed by atoms with van der Waals surface area (Å²) in [5.74, 6) is -5.32. The summed E-state index contributed by atoms with van der Waals surface area (Å²) in [5, 5.41) is 13.4. The van der Waals surface area contributed by atoms with Crippen molar-refractivity contribution in [2.24, 2.45) is 17.8 Å². The number of carbonyl (C=O) groups is 4. The van der Waals surface area contributed by atoms with Gasteiger partial charge in [0.1, 0.15) is 0 Å². The number of allylic oxidation sites excluding steroid dienone is 2. The van der Waals surface area contributed by atoms with Crippen LogP contribution < -0.4 is 10.1 Å². The standard InChI is InChI=1S/C22H19BrCl2N2O6/c1-27-19(31)21(24)7-12-9(3-4-10-14(12)18(30)26-17(10)29)15(22(21,25)20(27)32)11-5-8(23)6-13(33-2)16(11)28/h3,5-6,10,12,14-15,28H,4,7H2,1-2H3,(H,26,29,30). The number of aromatic hydroxyl groups is 1. The van der Waals surface area contributed by atoms with E-state index in [4.69, 9.17) is 27.9 Å². The molecule has 0 aromatic heterocycles. The number of carbonyl (C=O) groups excluding carboxylic acids is 4. The van der Waals surface area contributed by atoms with Crippen molar-refractivity contribution in [1.82, 2.24) is 10.2 Å². The molecule has 0 spiro atoms. The zero-order chi connectivity index (χ0) is 24.0. The second-order valence-corrected chi connectivity index (χ2v) is 11.1. The van der Waals surface area contributed by atoms with Crippen LogP contribution in [0, 0.1) is 17.8 Å².